The van der Waals surface area contributed by atoms with E-state index in [0.29, 0.717) is 17.8 Å². The van der Waals surface area contributed by atoms with E-state index in [9.17, 15) is 4.39 Å². The quantitative estimate of drug-likeness (QED) is 0.837. The second-order valence-corrected chi connectivity index (χ2v) is 4.28. The van der Waals surface area contributed by atoms with Crippen molar-refractivity contribution in [2.75, 3.05) is 5.32 Å². The number of halogens is 1. The van der Waals surface area contributed by atoms with Crippen LogP contribution < -0.4 is 5.32 Å². The Balaban J connectivity index is 2.10. The topological polar surface area (TPSA) is 12.0 Å². The number of rotatable bonds is 3. The molecule has 0 amide bonds. The monoisotopic (exact) mass is 229 g/mol. The van der Waals surface area contributed by atoms with E-state index in [4.69, 9.17) is 0 Å². The number of hydrogen-bond acceptors (Lipinski definition) is 1. The Hall–Kier alpha value is -1.83. The van der Waals surface area contributed by atoms with E-state index in [1.807, 2.05) is 18.2 Å². The molecule has 0 unspecified atom stereocenters. The van der Waals surface area contributed by atoms with Gasteiger partial charge < -0.3 is 5.32 Å². The first-order valence-corrected chi connectivity index (χ1v) is 5.71. The maximum absolute atomic E-state index is 13.7. The van der Waals surface area contributed by atoms with Crippen LogP contribution in [0.25, 0.3) is 0 Å². The predicted molar refractivity (Wildman–Crippen MR) is 69.6 cm³/mol. The van der Waals surface area contributed by atoms with Crippen LogP contribution in [0, 0.1) is 19.7 Å². The highest BCUT2D eigenvalue weighted by molar-refractivity contribution is 5.47. The van der Waals surface area contributed by atoms with Gasteiger partial charge in [0.1, 0.15) is 5.82 Å². The van der Waals surface area contributed by atoms with Crippen molar-refractivity contribution in [3.05, 3.63) is 65.0 Å². The molecular formula is C15H16FN. The summed E-state index contributed by atoms with van der Waals surface area (Å²) in [7, 11) is 0. The van der Waals surface area contributed by atoms with Gasteiger partial charge in [0.25, 0.3) is 0 Å². The minimum absolute atomic E-state index is 0.167. The molecule has 0 aromatic heterocycles. The number of hydrogen-bond donors (Lipinski definition) is 1. The van der Waals surface area contributed by atoms with Gasteiger partial charge in [-0.15, -0.1) is 0 Å². The smallest absolute Gasteiger partial charge is 0.149 e. The highest BCUT2D eigenvalue weighted by atomic mass is 19.1. The van der Waals surface area contributed by atoms with E-state index >= 15 is 0 Å². The van der Waals surface area contributed by atoms with Crippen LogP contribution >= 0.6 is 0 Å². The summed E-state index contributed by atoms with van der Waals surface area (Å²) in [6.45, 7) is 4.46. The third-order valence-corrected chi connectivity index (χ3v) is 2.76. The normalized spacial score (nSPS) is 10.3. The number of nitrogens with one attached hydrogen (secondary N) is 1. The van der Waals surface area contributed by atoms with Gasteiger partial charge in [-0.25, -0.2) is 4.39 Å². The second-order valence-electron chi connectivity index (χ2n) is 4.28. The fourth-order valence-electron chi connectivity index (χ4n) is 1.80. The lowest BCUT2D eigenvalue weighted by Gasteiger charge is -2.09. The Morgan fingerprint density at radius 1 is 1.06 bits per heavy atom. The van der Waals surface area contributed by atoms with Crippen LogP contribution in [0.15, 0.2) is 42.5 Å². The van der Waals surface area contributed by atoms with Crippen LogP contribution in [-0.4, -0.2) is 0 Å². The van der Waals surface area contributed by atoms with Crippen molar-refractivity contribution in [3.8, 4) is 0 Å². The zero-order valence-electron chi connectivity index (χ0n) is 10.1. The van der Waals surface area contributed by atoms with Crippen molar-refractivity contribution >= 4 is 5.69 Å². The fraction of sp³-hybridized carbons (Fsp3) is 0.200. The number of anilines is 1. The maximum Gasteiger partial charge on any atom is 0.149 e. The summed E-state index contributed by atoms with van der Waals surface area (Å²) in [6, 6.07) is 13.6. The van der Waals surface area contributed by atoms with Crippen molar-refractivity contribution in [2.45, 2.75) is 20.4 Å². The first kappa shape index (κ1) is 11.6. The highest BCUT2D eigenvalue weighted by Crippen LogP contribution is 2.18. The predicted octanol–water partition coefficient (Wildman–Crippen LogP) is 4.05. The molecule has 0 aliphatic carbocycles. The van der Waals surface area contributed by atoms with Gasteiger partial charge in [-0.3, -0.25) is 0 Å². The number of aryl methyl sites for hydroxylation is 2. The molecule has 0 heterocycles. The van der Waals surface area contributed by atoms with E-state index in [2.05, 4.69) is 24.4 Å². The van der Waals surface area contributed by atoms with Crippen LogP contribution in [0.1, 0.15) is 16.7 Å². The summed E-state index contributed by atoms with van der Waals surface area (Å²) < 4.78 is 13.7. The Kier molecular flexibility index (Phi) is 3.43. The zero-order chi connectivity index (χ0) is 12.3. The van der Waals surface area contributed by atoms with E-state index in [-0.39, 0.29) is 5.82 Å². The highest BCUT2D eigenvalue weighted by Gasteiger charge is 2.03. The molecule has 1 nitrogen and oxygen atoms in total. The van der Waals surface area contributed by atoms with Crippen LogP contribution in [0.5, 0.6) is 0 Å². The summed E-state index contributed by atoms with van der Waals surface area (Å²) in [5, 5.41) is 3.12. The molecule has 0 fully saturated rings. The van der Waals surface area contributed by atoms with Gasteiger partial charge in [0.2, 0.25) is 0 Å². The van der Waals surface area contributed by atoms with Crippen LogP contribution in [0.2, 0.25) is 0 Å². The van der Waals surface area contributed by atoms with Gasteiger partial charge in [0.15, 0.2) is 0 Å². The first-order valence-electron chi connectivity index (χ1n) is 5.71. The molecule has 0 bridgehead atoms. The van der Waals surface area contributed by atoms with Gasteiger partial charge in [-0.1, -0.05) is 42.0 Å². The molecule has 0 aliphatic rings. The summed E-state index contributed by atoms with van der Waals surface area (Å²) >= 11 is 0. The third kappa shape index (κ3) is 2.84. The summed E-state index contributed by atoms with van der Waals surface area (Å²) in [6.07, 6.45) is 0. The Labute approximate surface area is 101 Å². The van der Waals surface area contributed by atoms with Gasteiger partial charge in [0, 0.05) is 6.54 Å². The minimum atomic E-state index is -0.167. The molecule has 0 saturated heterocycles. The average Bonchev–Trinajstić information content (AvgIpc) is 2.31. The molecule has 17 heavy (non-hydrogen) atoms. The fourth-order valence-corrected chi connectivity index (χ4v) is 1.80. The summed E-state index contributed by atoms with van der Waals surface area (Å²) in [5.41, 5.74) is 3.60. The van der Waals surface area contributed by atoms with Crippen LogP contribution in [0.3, 0.4) is 0 Å². The van der Waals surface area contributed by atoms with E-state index < -0.39 is 0 Å². The van der Waals surface area contributed by atoms with Crippen molar-refractivity contribution in [2.24, 2.45) is 0 Å². The first-order chi connectivity index (χ1) is 8.16. The maximum atomic E-state index is 13.7. The Morgan fingerprint density at radius 3 is 2.59 bits per heavy atom. The molecule has 0 aliphatic heterocycles. The summed E-state index contributed by atoms with van der Waals surface area (Å²) in [5.74, 6) is -0.167. The van der Waals surface area contributed by atoms with Gasteiger partial charge >= 0.3 is 0 Å². The van der Waals surface area contributed by atoms with E-state index in [1.54, 1.807) is 19.1 Å². The standard InChI is InChI=1S/C15H16FN/c1-11-5-3-7-13(9-11)10-17-14-8-4-6-12(2)15(14)16/h3-9,17H,10H2,1-2H3. The molecule has 88 valence electrons. The molecule has 0 radical (unpaired) electrons. The van der Waals surface area contributed by atoms with Crippen molar-refractivity contribution in [3.63, 3.8) is 0 Å². The molecule has 0 saturated carbocycles. The SMILES string of the molecule is Cc1cccc(CNc2cccc(C)c2F)c1. The molecule has 0 spiro atoms. The average molecular weight is 229 g/mol. The molecule has 1 N–H and O–H groups in total. The van der Waals surface area contributed by atoms with Crippen molar-refractivity contribution in [1.82, 2.24) is 0 Å². The van der Waals surface area contributed by atoms with Crippen molar-refractivity contribution < 1.29 is 4.39 Å². The third-order valence-electron chi connectivity index (χ3n) is 2.76. The molecule has 2 aromatic carbocycles. The molecule has 2 rings (SSSR count). The van der Waals surface area contributed by atoms with Crippen molar-refractivity contribution in [1.29, 1.82) is 0 Å². The molecule has 0 atom stereocenters. The molecule has 2 aromatic rings. The Bertz CT molecular complexity index is 520. The molecular weight excluding hydrogens is 213 g/mol. The summed E-state index contributed by atoms with van der Waals surface area (Å²) in [4.78, 5) is 0. The Morgan fingerprint density at radius 2 is 1.82 bits per heavy atom. The zero-order valence-corrected chi connectivity index (χ0v) is 10.1. The van der Waals surface area contributed by atoms with E-state index in [1.165, 1.54) is 5.56 Å². The lowest BCUT2D eigenvalue weighted by molar-refractivity contribution is 0.621. The lowest BCUT2D eigenvalue weighted by atomic mass is 10.1. The second kappa shape index (κ2) is 5.00. The van der Waals surface area contributed by atoms with Gasteiger partial charge in [-0.2, -0.15) is 0 Å². The minimum Gasteiger partial charge on any atom is -0.379 e. The largest absolute Gasteiger partial charge is 0.379 e. The van der Waals surface area contributed by atoms with E-state index in [0.717, 1.165) is 5.56 Å². The lowest BCUT2D eigenvalue weighted by Crippen LogP contribution is -2.02. The van der Waals surface area contributed by atoms with Crippen LogP contribution in [0.4, 0.5) is 10.1 Å². The van der Waals surface area contributed by atoms with Crippen LogP contribution in [-0.2, 0) is 6.54 Å². The van der Waals surface area contributed by atoms with Gasteiger partial charge in [-0.05, 0) is 31.0 Å². The number of benzene rings is 2. The van der Waals surface area contributed by atoms with Gasteiger partial charge in [0.05, 0.1) is 5.69 Å². The molecule has 2 heteroatoms.